The van der Waals surface area contributed by atoms with Crippen LogP contribution in [0.25, 0.3) is 0 Å². The van der Waals surface area contributed by atoms with Crippen molar-refractivity contribution in [3.05, 3.63) is 63.1 Å². The van der Waals surface area contributed by atoms with Crippen LogP contribution in [0.3, 0.4) is 0 Å². The van der Waals surface area contributed by atoms with Crippen molar-refractivity contribution in [1.29, 1.82) is 0 Å². The Bertz CT molecular complexity index is 825. The highest BCUT2D eigenvalue weighted by molar-refractivity contribution is 6.44. The van der Waals surface area contributed by atoms with E-state index in [4.69, 9.17) is 28.3 Å². The Morgan fingerprint density at radius 1 is 1.08 bits per heavy atom. The molecule has 0 aliphatic rings. The number of aromatic carboxylic acids is 1. The van der Waals surface area contributed by atoms with Crippen molar-refractivity contribution in [2.75, 3.05) is 0 Å². The van der Waals surface area contributed by atoms with Gasteiger partial charge in [-0.25, -0.2) is 4.79 Å². The van der Waals surface area contributed by atoms with E-state index in [1.165, 1.54) is 30.3 Å². The van der Waals surface area contributed by atoms with E-state index in [0.29, 0.717) is 0 Å². The molecule has 10 heteroatoms. The molecule has 136 valence electrons. The molecule has 2 rings (SSSR count). The van der Waals surface area contributed by atoms with Crippen LogP contribution >= 0.6 is 23.2 Å². The van der Waals surface area contributed by atoms with Gasteiger partial charge in [-0.05, 0) is 30.2 Å². The maximum Gasteiger partial charge on any atom is 0.475 e. The SMILES string of the molecule is O=C(O)c1cccc(C[C@H](NC(=O)c2c(Cl)cccc2Cl)B(O)O)c1O. The van der Waals surface area contributed by atoms with Crippen molar-refractivity contribution >= 4 is 42.2 Å². The van der Waals surface area contributed by atoms with E-state index in [2.05, 4.69) is 5.32 Å². The highest BCUT2D eigenvalue weighted by atomic mass is 35.5. The summed E-state index contributed by atoms with van der Waals surface area (Å²) < 4.78 is 0. The van der Waals surface area contributed by atoms with Gasteiger partial charge in [0.05, 0.1) is 21.5 Å². The Morgan fingerprint density at radius 2 is 1.65 bits per heavy atom. The highest BCUT2D eigenvalue weighted by Gasteiger charge is 2.29. The molecule has 0 radical (unpaired) electrons. The Hall–Kier alpha value is -2.26. The maximum atomic E-state index is 12.4. The average molecular weight is 398 g/mol. The Morgan fingerprint density at radius 3 is 2.19 bits per heavy atom. The number of carboxylic acids is 1. The van der Waals surface area contributed by atoms with Gasteiger partial charge in [0, 0.05) is 0 Å². The number of carbonyl (C=O) groups is 2. The molecule has 0 saturated carbocycles. The zero-order chi connectivity index (χ0) is 19.4. The molecule has 0 spiro atoms. The minimum atomic E-state index is -1.98. The highest BCUT2D eigenvalue weighted by Crippen LogP contribution is 2.26. The quantitative estimate of drug-likeness (QED) is 0.472. The number of carbonyl (C=O) groups excluding carboxylic acids is 1. The van der Waals surface area contributed by atoms with Crippen LogP contribution in [0.2, 0.25) is 10.0 Å². The lowest BCUT2D eigenvalue weighted by Crippen LogP contribution is -2.48. The number of rotatable bonds is 6. The summed E-state index contributed by atoms with van der Waals surface area (Å²) in [4.78, 5) is 23.5. The number of halogens is 2. The van der Waals surface area contributed by atoms with Crippen molar-refractivity contribution in [2.24, 2.45) is 0 Å². The molecule has 1 amide bonds. The number of phenols is 1. The maximum absolute atomic E-state index is 12.4. The van der Waals surface area contributed by atoms with Crippen molar-refractivity contribution in [1.82, 2.24) is 5.32 Å². The smallest absolute Gasteiger partial charge is 0.475 e. The summed E-state index contributed by atoms with van der Waals surface area (Å²) in [6.45, 7) is 0. The summed E-state index contributed by atoms with van der Waals surface area (Å²) in [5, 5.41) is 40.7. The number of hydrogen-bond acceptors (Lipinski definition) is 5. The van der Waals surface area contributed by atoms with Crippen molar-refractivity contribution in [3.63, 3.8) is 0 Å². The number of hydrogen-bond donors (Lipinski definition) is 5. The molecule has 0 heterocycles. The third-order valence-corrected chi connectivity index (χ3v) is 4.29. The van der Waals surface area contributed by atoms with Gasteiger partial charge in [0.25, 0.3) is 5.91 Å². The summed E-state index contributed by atoms with van der Waals surface area (Å²) in [6.07, 6.45) is -0.238. The van der Waals surface area contributed by atoms with Crippen LogP contribution in [0.5, 0.6) is 5.75 Å². The molecular weight excluding hydrogens is 384 g/mol. The van der Waals surface area contributed by atoms with E-state index in [-0.39, 0.29) is 33.2 Å². The number of para-hydroxylation sites is 1. The first-order valence-electron chi connectivity index (χ1n) is 7.37. The van der Waals surface area contributed by atoms with E-state index in [1.54, 1.807) is 6.07 Å². The molecular formula is C16H14BCl2NO6. The third kappa shape index (κ3) is 4.47. The topological polar surface area (TPSA) is 127 Å². The minimum Gasteiger partial charge on any atom is -0.507 e. The summed E-state index contributed by atoms with van der Waals surface area (Å²) >= 11 is 11.9. The molecule has 2 aromatic rings. The molecule has 0 aliphatic heterocycles. The predicted octanol–water partition coefficient (Wildman–Crippen LogP) is 1.75. The Kier molecular flexibility index (Phi) is 6.49. The molecule has 0 bridgehead atoms. The fourth-order valence-electron chi connectivity index (χ4n) is 2.35. The standard InChI is InChI=1S/C16H14BCl2NO6/c18-10-5-2-6-11(19)13(10)15(22)20-12(17(25)26)7-8-3-1-4-9(14(8)21)16(23)24/h1-6,12,21,25-26H,7H2,(H,20,22)(H,23,24)/t12-/m0/s1. The van der Waals surface area contributed by atoms with E-state index in [1.807, 2.05) is 0 Å². The van der Waals surface area contributed by atoms with Gasteiger partial charge in [-0.3, -0.25) is 4.79 Å². The summed E-state index contributed by atoms with van der Waals surface area (Å²) in [7, 11) is -1.98. The number of nitrogens with one attached hydrogen (secondary N) is 1. The van der Waals surface area contributed by atoms with Crippen LogP contribution in [0, 0.1) is 0 Å². The van der Waals surface area contributed by atoms with Gasteiger partial charge in [0.2, 0.25) is 0 Å². The first-order chi connectivity index (χ1) is 12.2. The zero-order valence-electron chi connectivity index (χ0n) is 13.2. The van der Waals surface area contributed by atoms with Crippen molar-refractivity contribution in [3.8, 4) is 5.75 Å². The first kappa shape index (κ1) is 20.1. The molecule has 0 aliphatic carbocycles. The van der Waals surface area contributed by atoms with Crippen LogP contribution in [0.15, 0.2) is 36.4 Å². The molecule has 0 saturated heterocycles. The monoisotopic (exact) mass is 397 g/mol. The minimum absolute atomic E-state index is 0.0370. The molecule has 0 unspecified atom stereocenters. The van der Waals surface area contributed by atoms with Crippen LogP contribution in [-0.4, -0.2) is 45.2 Å². The largest absolute Gasteiger partial charge is 0.507 e. The molecule has 7 nitrogen and oxygen atoms in total. The lowest BCUT2D eigenvalue weighted by atomic mass is 9.75. The number of benzene rings is 2. The van der Waals surface area contributed by atoms with Crippen molar-refractivity contribution < 1.29 is 29.9 Å². The molecule has 0 aromatic heterocycles. The van der Waals surface area contributed by atoms with E-state index in [0.717, 1.165) is 0 Å². The van der Waals surface area contributed by atoms with E-state index in [9.17, 15) is 24.7 Å². The van der Waals surface area contributed by atoms with Gasteiger partial charge in [0.1, 0.15) is 11.3 Å². The lowest BCUT2D eigenvalue weighted by molar-refractivity contribution is 0.0693. The molecule has 5 N–H and O–H groups in total. The molecule has 0 fully saturated rings. The summed E-state index contributed by atoms with van der Waals surface area (Å²) in [5.74, 6) is -3.84. The third-order valence-electron chi connectivity index (χ3n) is 3.66. The van der Waals surface area contributed by atoms with Gasteiger partial charge in [-0.1, -0.05) is 41.4 Å². The first-order valence-corrected chi connectivity index (χ1v) is 8.13. The van der Waals surface area contributed by atoms with Crippen LogP contribution in [0.4, 0.5) is 0 Å². The van der Waals surface area contributed by atoms with Gasteiger partial charge in [0.15, 0.2) is 0 Å². The Balaban J connectivity index is 2.27. The fourth-order valence-corrected chi connectivity index (χ4v) is 2.92. The fraction of sp³-hybridized carbons (Fsp3) is 0.125. The molecule has 26 heavy (non-hydrogen) atoms. The lowest BCUT2D eigenvalue weighted by Gasteiger charge is -2.19. The summed E-state index contributed by atoms with van der Waals surface area (Å²) in [5.41, 5.74) is -0.257. The average Bonchev–Trinajstić information content (AvgIpc) is 2.55. The molecule has 2 aromatic carbocycles. The number of carboxylic acid groups (broad SMARTS) is 1. The van der Waals surface area contributed by atoms with Crippen molar-refractivity contribution in [2.45, 2.75) is 12.4 Å². The Labute approximate surface area is 158 Å². The second kappa shape index (κ2) is 8.42. The van der Waals surface area contributed by atoms with Gasteiger partial charge < -0.3 is 25.6 Å². The normalized spacial score (nSPS) is 11.7. The van der Waals surface area contributed by atoms with Gasteiger partial charge >= 0.3 is 13.1 Å². The second-order valence-corrected chi connectivity index (χ2v) is 6.23. The summed E-state index contributed by atoms with van der Waals surface area (Å²) in [6, 6.07) is 8.46. The van der Waals surface area contributed by atoms with Crippen LogP contribution in [-0.2, 0) is 6.42 Å². The van der Waals surface area contributed by atoms with Crippen LogP contribution in [0.1, 0.15) is 26.3 Å². The zero-order valence-corrected chi connectivity index (χ0v) is 14.7. The number of aromatic hydroxyl groups is 1. The number of amides is 1. The second-order valence-electron chi connectivity index (χ2n) is 5.41. The molecule has 1 atom stereocenters. The van der Waals surface area contributed by atoms with E-state index < -0.39 is 30.7 Å². The van der Waals surface area contributed by atoms with Gasteiger partial charge in [-0.15, -0.1) is 0 Å². The van der Waals surface area contributed by atoms with Gasteiger partial charge in [-0.2, -0.15) is 0 Å². The van der Waals surface area contributed by atoms with E-state index >= 15 is 0 Å². The predicted molar refractivity (Wildman–Crippen MR) is 96.7 cm³/mol. The van der Waals surface area contributed by atoms with Crippen LogP contribution < -0.4 is 5.32 Å².